The minimum absolute atomic E-state index is 0.650. The number of anilines is 2. The maximum Gasteiger partial charge on any atom is 0.132 e. The van der Waals surface area contributed by atoms with Crippen molar-refractivity contribution in [3.05, 3.63) is 42.0 Å². The minimum Gasteiger partial charge on any atom is -0.370 e. The average molecular weight is 300 g/mol. The lowest BCUT2D eigenvalue weighted by molar-refractivity contribution is 0.405. The molecule has 0 saturated carbocycles. The fraction of sp³-hybridized carbons (Fsp3) is 0.438. The third-order valence-electron chi connectivity index (χ3n) is 3.10. The third kappa shape index (κ3) is 5.65. The SMILES string of the molecule is Cc1nc(NCCCN(C)C)cc(NCc2ccccn2)n1. The Morgan fingerprint density at radius 3 is 2.55 bits per heavy atom. The van der Waals surface area contributed by atoms with Gasteiger partial charge in [0.05, 0.1) is 12.2 Å². The molecule has 0 aliphatic carbocycles. The molecule has 0 aromatic carbocycles. The molecule has 0 fully saturated rings. The lowest BCUT2D eigenvalue weighted by atomic mass is 10.3. The van der Waals surface area contributed by atoms with Gasteiger partial charge in [0.1, 0.15) is 17.5 Å². The van der Waals surface area contributed by atoms with Crippen molar-refractivity contribution in [2.24, 2.45) is 0 Å². The molecule has 0 radical (unpaired) electrons. The second-order valence-corrected chi connectivity index (χ2v) is 5.44. The van der Waals surface area contributed by atoms with Crippen LogP contribution in [0.1, 0.15) is 17.9 Å². The zero-order valence-electron chi connectivity index (χ0n) is 13.5. The summed E-state index contributed by atoms with van der Waals surface area (Å²) in [5.74, 6) is 2.42. The van der Waals surface area contributed by atoms with Gasteiger partial charge in [0, 0.05) is 18.8 Å². The largest absolute Gasteiger partial charge is 0.370 e. The summed E-state index contributed by atoms with van der Waals surface area (Å²) >= 11 is 0. The molecule has 6 heteroatoms. The van der Waals surface area contributed by atoms with Crippen molar-refractivity contribution in [3.8, 4) is 0 Å². The van der Waals surface area contributed by atoms with Crippen molar-refractivity contribution in [1.82, 2.24) is 19.9 Å². The normalized spacial score (nSPS) is 10.7. The molecule has 2 aromatic heterocycles. The van der Waals surface area contributed by atoms with Crippen molar-refractivity contribution in [2.75, 3.05) is 37.8 Å². The monoisotopic (exact) mass is 300 g/mol. The number of rotatable bonds is 8. The van der Waals surface area contributed by atoms with Crippen molar-refractivity contribution >= 4 is 11.6 Å². The Morgan fingerprint density at radius 2 is 1.86 bits per heavy atom. The quantitative estimate of drug-likeness (QED) is 0.728. The van der Waals surface area contributed by atoms with Crippen LogP contribution in [0, 0.1) is 6.92 Å². The molecular weight excluding hydrogens is 276 g/mol. The molecule has 0 spiro atoms. The standard InChI is InChI=1S/C16H24N6/c1-13-20-15(18-9-6-10-22(2)3)11-16(21-13)19-12-14-7-4-5-8-17-14/h4-5,7-8,11H,6,9-10,12H2,1-3H3,(H2,18,19,20,21). The molecule has 2 N–H and O–H groups in total. The van der Waals surface area contributed by atoms with Crippen LogP contribution in [0.25, 0.3) is 0 Å². The molecule has 0 aliphatic rings. The van der Waals surface area contributed by atoms with E-state index in [9.17, 15) is 0 Å². The second kappa shape index (κ2) is 8.29. The van der Waals surface area contributed by atoms with Gasteiger partial charge in [-0.1, -0.05) is 6.07 Å². The van der Waals surface area contributed by atoms with Gasteiger partial charge >= 0.3 is 0 Å². The fourth-order valence-electron chi connectivity index (χ4n) is 2.04. The van der Waals surface area contributed by atoms with Crippen LogP contribution in [-0.2, 0) is 6.54 Å². The molecular formula is C16H24N6. The zero-order valence-corrected chi connectivity index (χ0v) is 13.5. The van der Waals surface area contributed by atoms with Gasteiger partial charge < -0.3 is 15.5 Å². The van der Waals surface area contributed by atoms with Gasteiger partial charge in [-0.25, -0.2) is 9.97 Å². The summed E-state index contributed by atoms with van der Waals surface area (Å²) in [5.41, 5.74) is 0.985. The zero-order chi connectivity index (χ0) is 15.8. The Labute approximate surface area is 132 Å². The predicted molar refractivity (Wildman–Crippen MR) is 90.0 cm³/mol. The van der Waals surface area contributed by atoms with Crippen LogP contribution in [0.4, 0.5) is 11.6 Å². The number of nitrogens with one attached hydrogen (secondary N) is 2. The number of hydrogen-bond donors (Lipinski definition) is 2. The highest BCUT2D eigenvalue weighted by molar-refractivity contribution is 5.47. The number of pyridine rings is 1. The summed E-state index contributed by atoms with van der Waals surface area (Å²) in [7, 11) is 4.16. The molecule has 2 aromatic rings. The van der Waals surface area contributed by atoms with Gasteiger partial charge in [-0.2, -0.15) is 0 Å². The van der Waals surface area contributed by atoms with Gasteiger partial charge in [-0.05, 0) is 46.1 Å². The minimum atomic E-state index is 0.650. The van der Waals surface area contributed by atoms with Gasteiger partial charge in [-0.15, -0.1) is 0 Å². The van der Waals surface area contributed by atoms with E-state index in [1.165, 1.54) is 0 Å². The first-order valence-electron chi connectivity index (χ1n) is 7.51. The third-order valence-corrected chi connectivity index (χ3v) is 3.10. The highest BCUT2D eigenvalue weighted by Gasteiger charge is 2.02. The highest BCUT2D eigenvalue weighted by atomic mass is 15.1. The van der Waals surface area contributed by atoms with Crippen LogP contribution in [0.15, 0.2) is 30.5 Å². The van der Waals surface area contributed by atoms with Crippen molar-refractivity contribution < 1.29 is 0 Å². The van der Waals surface area contributed by atoms with Crippen LogP contribution < -0.4 is 10.6 Å². The van der Waals surface area contributed by atoms with Crippen LogP contribution in [-0.4, -0.2) is 47.0 Å². The maximum atomic E-state index is 4.41. The van der Waals surface area contributed by atoms with E-state index in [0.29, 0.717) is 6.54 Å². The van der Waals surface area contributed by atoms with Gasteiger partial charge in [0.2, 0.25) is 0 Å². The first-order chi connectivity index (χ1) is 10.6. The summed E-state index contributed by atoms with van der Waals surface area (Å²) in [4.78, 5) is 15.3. The maximum absolute atomic E-state index is 4.41. The predicted octanol–water partition coefficient (Wildman–Crippen LogP) is 2.16. The van der Waals surface area contributed by atoms with Crippen molar-refractivity contribution in [2.45, 2.75) is 19.9 Å². The average Bonchev–Trinajstić information content (AvgIpc) is 2.50. The summed E-state index contributed by atoms with van der Waals surface area (Å²) in [5, 5.41) is 6.63. The van der Waals surface area contributed by atoms with Crippen molar-refractivity contribution in [3.63, 3.8) is 0 Å². The first kappa shape index (κ1) is 16.2. The lowest BCUT2D eigenvalue weighted by Gasteiger charge is -2.12. The van der Waals surface area contributed by atoms with Gasteiger partial charge in [0.25, 0.3) is 0 Å². The molecule has 2 rings (SSSR count). The first-order valence-corrected chi connectivity index (χ1v) is 7.51. The van der Waals surface area contributed by atoms with E-state index in [2.05, 4.69) is 44.6 Å². The Hall–Kier alpha value is -2.21. The molecule has 0 saturated heterocycles. The summed E-state index contributed by atoms with van der Waals surface area (Å²) in [6.45, 7) is 4.50. The lowest BCUT2D eigenvalue weighted by Crippen LogP contribution is -2.17. The molecule has 2 heterocycles. The van der Waals surface area contributed by atoms with Gasteiger partial charge in [-0.3, -0.25) is 4.98 Å². The Bertz CT molecular complexity index is 570. The Kier molecular flexibility index (Phi) is 6.09. The van der Waals surface area contributed by atoms with E-state index in [4.69, 9.17) is 0 Å². The van der Waals surface area contributed by atoms with Crippen molar-refractivity contribution in [1.29, 1.82) is 0 Å². The summed E-state index contributed by atoms with van der Waals surface area (Å²) in [6.07, 6.45) is 2.87. The summed E-state index contributed by atoms with van der Waals surface area (Å²) < 4.78 is 0. The van der Waals surface area contributed by atoms with E-state index >= 15 is 0 Å². The molecule has 0 bridgehead atoms. The molecule has 6 nitrogen and oxygen atoms in total. The van der Waals surface area contributed by atoms with E-state index in [1.807, 2.05) is 31.2 Å². The summed E-state index contributed by atoms with van der Waals surface area (Å²) in [6, 6.07) is 7.81. The number of aromatic nitrogens is 3. The van der Waals surface area contributed by atoms with Crippen LogP contribution in [0.2, 0.25) is 0 Å². The molecule has 0 aliphatic heterocycles. The Morgan fingerprint density at radius 1 is 1.09 bits per heavy atom. The number of nitrogens with zero attached hydrogens (tertiary/aromatic N) is 4. The topological polar surface area (TPSA) is 66.0 Å². The van der Waals surface area contributed by atoms with E-state index in [-0.39, 0.29) is 0 Å². The Balaban J connectivity index is 1.89. The number of aryl methyl sites for hydroxylation is 1. The van der Waals surface area contributed by atoms with E-state index in [1.54, 1.807) is 6.20 Å². The second-order valence-electron chi connectivity index (χ2n) is 5.44. The molecule has 0 unspecified atom stereocenters. The molecule has 22 heavy (non-hydrogen) atoms. The smallest absolute Gasteiger partial charge is 0.132 e. The van der Waals surface area contributed by atoms with Crippen LogP contribution in [0.3, 0.4) is 0 Å². The molecule has 118 valence electrons. The van der Waals surface area contributed by atoms with E-state index in [0.717, 1.165) is 42.7 Å². The molecule has 0 amide bonds. The van der Waals surface area contributed by atoms with Crippen LogP contribution in [0.5, 0.6) is 0 Å². The van der Waals surface area contributed by atoms with Crippen LogP contribution >= 0.6 is 0 Å². The van der Waals surface area contributed by atoms with E-state index < -0.39 is 0 Å². The number of hydrogen-bond acceptors (Lipinski definition) is 6. The molecule has 0 atom stereocenters. The van der Waals surface area contributed by atoms with Gasteiger partial charge in [0.15, 0.2) is 0 Å². The highest BCUT2D eigenvalue weighted by Crippen LogP contribution is 2.12. The fourth-order valence-corrected chi connectivity index (χ4v) is 2.04.